The number of hydrogen-bond acceptors (Lipinski definition) is 6. The Hall–Kier alpha value is -2.04. The molecule has 24 heavy (non-hydrogen) atoms. The Bertz CT molecular complexity index is 722. The number of hydrogen-bond donors (Lipinski definition) is 2. The normalized spacial score (nSPS) is 12.9. The van der Waals surface area contributed by atoms with E-state index in [0.717, 1.165) is 19.9 Å². The molecule has 1 heterocycles. The molecule has 1 amide bonds. The van der Waals surface area contributed by atoms with Gasteiger partial charge in [-0.15, -0.1) is 0 Å². The number of alkyl halides is 3. The van der Waals surface area contributed by atoms with Crippen LogP contribution in [0.2, 0.25) is 0 Å². The van der Waals surface area contributed by atoms with E-state index in [0.29, 0.717) is 0 Å². The van der Waals surface area contributed by atoms with Crippen LogP contribution in [0.15, 0.2) is 17.2 Å². The van der Waals surface area contributed by atoms with Gasteiger partial charge in [0.25, 0.3) is 0 Å². The molecular formula is C13H17F3N2O5S. The van der Waals surface area contributed by atoms with Crippen molar-refractivity contribution in [3.05, 3.63) is 18.3 Å². The second-order valence-electron chi connectivity index (χ2n) is 5.53. The van der Waals surface area contributed by atoms with Crippen LogP contribution in [0.3, 0.4) is 0 Å². The summed E-state index contributed by atoms with van der Waals surface area (Å²) in [7, 11) is -4.15. The highest BCUT2D eigenvalue weighted by Gasteiger charge is 2.42. The topological polar surface area (TPSA) is 110 Å². The van der Waals surface area contributed by atoms with Crippen molar-refractivity contribution < 1.29 is 36.0 Å². The maximum Gasteiger partial charge on any atom is 0.389 e. The predicted molar refractivity (Wildman–Crippen MR) is 80.0 cm³/mol. The van der Waals surface area contributed by atoms with Gasteiger partial charge in [-0.05, 0) is 20.3 Å². The molecule has 1 aromatic rings. The van der Waals surface area contributed by atoms with E-state index in [4.69, 9.17) is 5.11 Å². The van der Waals surface area contributed by atoms with Gasteiger partial charge in [-0.25, -0.2) is 8.42 Å². The molecule has 1 aromatic heterocycles. The lowest BCUT2D eigenvalue weighted by Gasteiger charge is -2.23. The van der Waals surface area contributed by atoms with E-state index < -0.39 is 51.0 Å². The van der Waals surface area contributed by atoms with Crippen molar-refractivity contribution in [1.82, 2.24) is 5.16 Å². The maximum absolute atomic E-state index is 12.2. The zero-order valence-electron chi connectivity index (χ0n) is 13.0. The summed E-state index contributed by atoms with van der Waals surface area (Å²) in [6.07, 6.45) is -6.36. The lowest BCUT2D eigenvalue weighted by molar-refractivity contribution is -0.134. The van der Waals surface area contributed by atoms with Crippen molar-refractivity contribution in [2.24, 2.45) is 0 Å². The van der Waals surface area contributed by atoms with Gasteiger partial charge in [0, 0.05) is 12.5 Å². The van der Waals surface area contributed by atoms with E-state index in [1.165, 1.54) is 0 Å². The lowest BCUT2D eigenvalue weighted by Crippen LogP contribution is -2.45. The summed E-state index contributed by atoms with van der Waals surface area (Å²) in [6.45, 7) is 5.35. The van der Waals surface area contributed by atoms with E-state index in [-0.39, 0.29) is 11.6 Å². The number of aromatic nitrogens is 1. The summed E-state index contributed by atoms with van der Waals surface area (Å²) in [5, 5.41) is 14.6. The Morgan fingerprint density at radius 1 is 1.42 bits per heavy atom. The first-order valence-corrected chi connectivity index (χ1v) is 8.37. The van der Waals surface area contributed by atoms with Crippen LogP contribution < -0.4 is 5.32 Å². The van der Waals surface area contributed by atoms with Crippen LogP contribution in [0, 0.1) is 0 Å². The van der Waals surface area contributed by atoms with Gasteiger partial charge < -0.3 is 9.63 Å². The average Bonchev–Trinajstić information content (AvgIpc) is 2.85. The summed E-state index contributed by atoms with van der Waals surface area (Å²) >= 11 is 0. The Balaban J connectivity index is 2.80. The van der Waals surface area contributed by atoms with E-state index in [1.807, 2.05) is 0 Å². The quantitative estimate of drug-likeness (QED) is 0.714. The molecule has 0 saturated carbocycles. The summed E-state index contributed by atoms with van der Waals surface area (Å²) in [5.74, 6) is -2.44. The van der Waals surface area contributed by atoms with Crippen LogP contribution in [-0.4, -0.2) is 41.3 Å². The predicted octanol–water partition coefficient (Wildman–Crippen LogP) is 2.68. The average molecular weight is 370 g/mol. The molecule has 0 aliphatic carbocycles. The number of carbonyl (C=O) groups excluding carboxylic acids is 1. The maximum atomic E-state index is 12.2. The molecule has 2 N–H and O–H groups in total. The fraction of sp³-hybridized carbons (Fsp3) is 0.538. The summed E-state index contributed by atoms with van der Waals surface area (Å²) in [6, 6.07) is 1.12. The van der Waals surface area contributed by atoms with Crippen LogP contribution in [0.4, 0.5) is 19.1 Å². The van der Waals surface area contributed by atoms with Gasteiger partial charge in [-0.1, -0.05) is 11.7 Å². The molecule has 0 fully saturated rings. The Labute approximate surface area is 136 Å². The molecular weight excluding hydrogens is 353 g/mol. The number of nitrogens with one attached hydrogen (secondary N) is 1. The highest BCUT2D eigenvalue weighted by Crippen LogP contribution is 2.26. The van der Waals surface area contributed by atoms with Crippen molar-refractivity contribution in [2.45, 2.75) is 37.6 Å². The lowest BCUT2D eigenvalue weighted by atomic mass is 10.2. The number of rotatable bonds is 7. The number of anilines is 1. The minimum atomic E-state index is -4.47. The molecule has 0 aromatic carbocycles. The molecule has 0 atom stereocenters. The number of nitrogens with zero attached hydrogens (tertiary/aromatic N) is 1. The molecule has 7 nitrogen and oxygen atoms in total. The molecule has 136 valence electrons. The first kappa shape index (κ1) is 20.0. The number of aliphatic hydroxyl groups is 1. The second kappa shape index (κ2) is 6.83. The van der Waals surface area contributed by atoms with E-state index in [2.05, 4.69) is 21.6 Å². The van der Waals surface area contributed by atoms with E-state index in [1.54, 1.807) is 0 Å². The van der Waals surface area contributed by atoms with Crippen molar-refractivity contribution in [3.8, 4) is 0 Å². The van der Waals surface area contributed by atoms with Crippen LogP contribution >= 0.6 is 0 Å². The van der Waals surface area contributed by atoms with Crippen molar-refractivity contribution in [3.63, 3.8) is 0 Å². The summed E-state index contributed by atoms with van der Waals surface area (Å²) in [5.41, 5.74) is -0.0591. The van der Waals surface area contributed by atoms with Crippen LogP contribution in [0.1, 0.15) is 32.4 Å². The molecule has 1 rings (SSSR count). The molecule has 0 saturated heterocycles. The van der Waals surface area contributed by atoms with E-state index >= 15 is 0 Å². The monoisotopic (exact) mass is 370 g/mol. The number of halogens is 3. The van der Waals surface area contributed by atoms with Gasteiger partial charge >= 0.3 is 6.18 Å². The van der Waals surface area contributed by atoms with Crippen molar-refractivity contribution >= 4 is 27.4 Å². The Morgan fingerprint density at radius 2 is 2.00 bits per heavy atom. The van der Waals surface area contributed by atoms with Crippen LogP contribution in [0.25, 0.3) is 5.76 Å². The molecule has 0 bridgehead atoms. The largest absolute Gasteiger partial charge is 0.506 e. The second-order valence-corrected chi connectivity index (χ2v) is 8.18. The fourth-order valence-electron chi connectivity index (χ4n) is 1.59. The number of sulfone groups is 1. The highest BCUT2D eigenvalue weighted by atomic mass is 32.2. The first-order valence-electron chi connectivity index (χ1n) is 6.72. The third-order valence-electron chi connectivity index (χ3n) is 3.24. The molecule has 0 aliphatic rings. The van der Waals surface area contributed by atoms with Gasteiger partial charge in [-0.3, -0.25) is 10.1 Å². The number of aliphatic hydroxyl groups excluding tert-OH is 1. The molecule has 0 spiro atoms. The Kier molecular flexibility index (Phi) is 5.70. The SMILES string of the molecule is C=C(O)c1cc(NC(=O)C(C)(C)S(=O)(=O)CCCC(F)(F)F)on1. The minimum absolute atomic E-state index is 0.0591. The third kappa shape index (κ3) is 4.98. The molecule has 0 radical (unpaired) electrons. The van der Waals surface area contributed by atoms with Gasteiger partial charge in [0.15, 0.2) is 9.84 Å². The van der Waals surface area contributed by atoms with Crippen LogP contribution in [-0.2, 0) is 14.6 Å². The number of amides is 1. The minimum Gasteiger partial charge on any atom is -0.506 e. The molecule has 0 aliphatic heterocycles. The van der Waals surface area contributed by atoms with Gasteiger partial charge in [0.2, 0.25) is 11.8 Å². The standard InChI is InChI=1S/C13H17F3N2O5S/c1-8(19)9-7-10(23-18-9)17-11(20)12(2,3)24(21,22)6-4-5-13(14,15)16/h7,19H,1,4-6H2,2-3H3,(H,17,20). The zero-order valence-corrected chi connectivity index (χ0v) is 13.8. The Morgan fingerprint density at radius 3 is 2.46 bits per heavy atom. The first-order chi connectivity index (χ1) is 10.8. The van der Waals surface area contributed by atoms with Gasteiger partial charge in [-0.2, -0.15) is 13.2 Å². The van der Waals surface area contributed by atoms with E-state index in [9.17, 15) is 26.4 Å². The molecule has 11 heteroatoms. The summed E-state index contributed by atoms with van der Waals surface area (Å²) in [4.78, 5) is 12.1. The van der Waals surface area contributed by atoms with Gasteiger partial charge in [0.1, 0.15) is 16.2 Å². The smallest absolute Gasteiger partial charge is 0.389 e. The molecule has 0 unspecified atom stereocenters. The van der Waals surface area contributed by atoms with Crippen molar-refractivity contribution in [2.75, 3.05) is 11.1 Å². The fourth-order valence-corrected chi connectivity index (χ4v) is 2.96. The zero-order chi connectivity index (χ0) is 18.8. The number of carbonyl (C=O) groups is 1. The van der Waals surface area contributed by atoms with Crippen molar-refractivity contribution in [1.29, 1.82) is 0 Å². The third-order valence-corrected chi connectivity index (χ3v) is 5.81. The van der Waals surface area contributed by atoms with Crippen LogP contribution in [0.5, 0.6) is 0 Å². The van der Waals surface area contributed by atoms with Gasteiger partial charge in [0.05, 0.1) is 5.75 Å². The highest BCUT2D eigenvalue weighted by molar-refractivity contribution is 7.93. The summed E-state index contributed by atoms with van der Waals surface area (Å²) < 4.78 is 63.4.